The topological polar surface area (TPSA) is 90.7 Å². The summed E-state index contributed by atoms with van der Waals surface area (Å²) >= 11 is 0. The van der Waals surface area contributed by atoms with Crippen LogP contribution in [0.25, 0.3) is 0 Å². The second-order valence-electron chi connectivity index (χ2n) is 4.19. The summed E-state index contributed by atoms with van der Waals surface area (Å²) < 4.78 is 14.5. The van der Waals surface area contributed by atoms with Crippen LogP contribution in [0.2, 0.25) is 0 Å². The van der Waals surface area contributed by atoms with Gasteiger partial charge in [-0.2, -0.15) is 0 Å². The number of aromatic nitrogens is 1. The number of rotatable bonds is 5. The molecule has 110 valence electrons. The van der Waals surface area contributed by atoms with Crippen LogP contribution in [0.5, 0.6) is 5.75 Å². The van der Waals surface area contributed by atoms with Crippen LogP contribution in [-0.2, 0) is 9.53 Å². The molecule has 0 atom stereocenters. The van der Waals surface area contributed by atoms with Crippen molar-refractivity contribution in [1.29, 1.82) is 0 Å². The molecule has 7 heteroatoms. The van der Waals surface area contributed by atoms with Crippen LogP contribution >= 0.6 is 0 Å². The Morgan fingerprint density at radius 1 is 1.29 bits per heavy atom. The molecule has 2 rings (SSSR count). The zero-order valence-electron chi connectivity index (χ0n) is 11.6. The summed E-state index contributed by atoms with van der Waals surface area (Å²) in [4.78, 5) is 23.2. The fraction of sp³-hybridized carbons (Fsp3) is 0.214. The molecule has 0 aliphatic carbocycles. The molecule has 0 radical (unpaired) electrons. The number of hydrogen-bond acceptors (Lipinski definition) is 6. The van der Waals surface area contributed by atoms with Crippen molar-refractivity contribution in [2.24, 2.45) is 0 Å². The van der Waals surface area contributed by atoms with Crippen molar-refractivity contribution in [2.75, 3.05) is 19.0 Å². The van der Waals surface area contributed by atoms with Gasteiger partial charge in [0.25, 0.3) is 5.91 Å². The Morgan fingerprint density at radius 2 is 2.00 bits per heavy atom. The number of ether oxygens (including phenoxy) is 2. The van der Waals surface area contributed by atoms with Crippen LogP contribution in [-0.4, -0.2) is 30.7 Å². The Labute approximate surface area is 120 Å². The van der Waals surface area contributed by atoms with Crippen LogP contribution < -0.4 is 10.1 Å². The first kappa shape index (κ1) is 14.6. The van der Waals surface area contributed by atoms with Gasteiger partial charge in [-0.1, -0.05) is 5.16 Å². The van der Waals surface area contributed by atoms with Crippen molar-refractivity contribution in [3.8, 4) is 5.75 Å². The van der Waals surface area contributed by atoms with E-state index in [1.165, 1.54) is 6.07 Å². The number of carbonyl (C=O) groups excluding carboxylic acids is 2. The predicted octanol–water partition coefficient (Wildman–Crippen LogP) is 1.79. The van der Waals surface area contributed by atoms with Gasteiger partial charge in [0.15, 0.2) is 6.61 Å². The minimum atomic E-state index is -0.736. The van der Waals surface area contributed by atoms with E-state index >= 15 is 0 Å². The lowest BCUT2D eigenvalue weighted by molar-refractivity contribution is -0.119. The monoisotopic (exact) mass is 290 g/mol. The lowest BCUT2D eigenvalue weighted by Crippen LogP contribution is -2.20. The highest BCUT2D eigenvalue weighted by Gasteiger charge is 2.15. The van der Waals surface area contributed by atoms with E-state index in [1.54, 1.807) is 38.3 Å². The average molecular weight is 290 g/mol. The second-order valence-corrected chi connectivity index (χ2v) is 4.19. The summed E-state index contributed by atoms with van der Waals surface area (Å²) in [5.41, 5.74) is 1.14. The number of anilines is 1. The van der Waals surface area contributed by atoms with Gasteiger partial charge in [0.2, 0.25) is 5.76 Å². The Bertz CT molecular complexity index is 633. The maximum absolute atomic E-state index is 11.6. The van der Waals surface area contributed by atoms with Crippen LogP contribution in [0.1, 0.15) is 16.2 Å². The third-order valence-electron chi connectivity index (χ3n) is 2.54. The summed E-state index contributed by atoms with van der Waals surface area (Å²) in [5, 5.41) is 6.15. The number of nitrogens with one attached hydrogen (secondary N) is 1. The molecule has 1 heterocycles. The van der Waals surface area contributed by atoms with Gasteiger partial charge in [0, 0.05) is 11.8 Å². The van der Waals surface area contributed by atoms with Crippen LogP contribution in [0, 0.1) is 6.92 Å². The Balaban J connectivity index is 1.82. The number of aryl methyl sites for hydroxylation is 1. The van der Waals surface area contributed by atoms with E-state index in [0.717, 1.165) is 0 Å². The molecule has 0 bridgehead atoms. The number of amides is 1. The Morgan fingerprint density at radius 3 is 2.57 bits per heavy atom. The normalized spacial score (nSPS) is 10.0. The zero-order valence-corrected chi connectivity index (χ0v) is 11.6. The number of carbonyl (C=O) groups is 2. The van der Waals surface area contributed by atoms with Gasteiger partial charge in [0.05, 0.1) is 12.8 Å². The van der Waals surface area contributed by atoms with E-state index in [1.807, 2.05) is 0 Å². The molecule has 0 aliphatic rings. The fourth-order valence-electron chi connectivity index (χ4n) is 1.53. The van der Waals surface area contributed by atoms with Crippen molar-refractivity contribution in [3.05, 3.63) is 41.8 Å². The Hall–Kier alpha value is -2.83. The van der Waals surface area contributed by atoms with Gasteiger partial charge in [-0.3, -0.25) is 4.79 Å². The number of nitrogens with zero attached hydrogens (tertiary/aromatic N) is 1. The van der Waals surface area contributed by atoms with E-state index < -0.39 is 18.5 Å². The SMILES string of the molecule is COc1ccc(NC(=O)COC(=O)c2cc(C)no2)cc1. The molecule has 1 aromatic carbocycles. The molecular formula is C14H14N2O5. The predicted molar refractivity (Wildman–Crippen MR) is 73.1 cm³/mol. The van der Waals surface area contributed by atoms with E-state index in [0.29, 0.717) is 17.1 Å². The number of methoxy groups -OCH3 is 1. The maximum Gasteiger partial charge on any atom is 0.377 e. The molecule has 7 nitrogen and oxygen atoms in total. The number of benzene rings is 1. The van der Waals surface area contributed by atoms with Gasteiger partial charge >= 0.3 is 5.97 Å². The lowest BCUT2D eigenvalue weighted by Gasteiger charge is -2.06. The van der Waals surface area contributed by atoms with Crippen molar-refractivity contribution in [2.45, 2.75) is 6.92 Å². The van der Waals surface area contributed by atoms with Crippen LogP contribution in [0.4, 0.5) is 5.69 Å². The molecule has 0 fully saturated rings. The first-order valence-electron chi connectivity index (χ1n) is 6.13. The average Bonchev–Trinajstić information content (AvgIpc) is 2.92. The summed E-state index contributed by atoms with van der Waals surface area (Å²) in [6, 6.07) is 8.21. The first-order chi connectivity index (χ1) is 10.1. The summed E-state index contributed by atoms with van der Waals surface area (Å²) in [6.45, 7) is 1.27. The molecule has 0 aliphatic heterocycles. The van der Waals surface area contributed by atoms with Gasteiger partial charge in [-0.05, 0) is 31.2 Å². The van der Waals surface area contributed by atoms with Gasteiger partial charge in [-0.25, -0.2) is 4.79 Å². The number of hydrogen-bond donors (Lipinski definition) is 1. The van der Waals surface area contributed by atoms with Crippen molar-refractivity contribution in [1.82, 2.24) is 5.16 Å². The van der Waals surface area contributed by atoms with Crippen LogP contribution in [0.3, 0.4) is 0 Å². The third kappa shape index (κ3) is 4.07. The van der Waals surface area contributed by atoms with Crippen molar-refractivity contribution in [3.63, 3.8) is 0 Å². The maximum atomic E-state index is 11.6. The molecule has 1 amide bonds. The van der Waals surface area contributed by atoms with E-state index in [9.17, 15) is 9.59 Å². The van der Waals surface area contributed by atoms with E-state index in [-0.39, 0.29) is 5.76 Å². The standard InChI is InChI=1S/C14H14N2O5/c1-9-7-12(21-16-9)14(18)20-8-13(17)15-10-3-5-11(19-2)6-4-10/h3-7H,8H2,1-2H3,(H,15,17). The lowest BCUT2D eigenvalue weighted by atomic mass is 10.3. The summed E-state index contributed by atoms with van der Waals surface area (Å²) in [7, 11) is 1.55. The highest BCUT2D eigenvalue weighted by Crippen LogP contribution is 2.14. The largest absolute Gasteiger partial charge is 0.497 e. The molecule has 1 N–H and O–H groups in total. The summed E-state index contributed by atoms with van der Waals surface area (Å²) in [5.74, 6) is -0.546. The highest BCUT2D eigenvalue weighted by molar-refractivity contribution is 5.94. The van der Waals surface area contributed by atoms with Crippen molar-refractivity contribution >= 4 is 17.6 Å². The molecule has 0 saturated carbocycles. The fourth-order valence-corrected chi connectivity index (χ4v) is 1.53. The van der Waals surface area contributed by atoms with E-state index in [2.05, 4.69) is 10.5 Å². The van der Waals surface area contributed by atoms with Crippen LogP contribution in [0.15, 0.2) is 34.9 Å². The first-order valence-corrected chi connectivity index (χ1v) is 6.13. The highest BCUT2D eigenvalue weighted by atomic mass is 16.6. The molecule has 0 saturated heterocycles. The molecule has 2 aromatic rings. The van der Waals surface area contributed by atoms with E-state index in [4.69, 9.17) is 14.0 Å². The summed E-state index contributed by atoms with van der Waals surface area (Å²) in [6.07, 6.45) is 0. The molecule has 0 spiro atoms. The Kier molecular flexibility index (Phi) is 4.55. The quantitative estimate of drug-likeness (QED) is 0.844. The zero-order chi connectivity index (χ0) is 15.2. The minimum absolute atomic E-state index is 0.0373. The van der Waals surface area contributed by atoms with Crippen molar-refractivity contribution < 1.29 is 23.6 Å². The molecule has 21 heavy (non-hydrogen) atoms. The van der Waals surface area contributed by atoms with Gasteiger partial charge < -0.3 is 19.3 Å². The molecule has 0 unspecified atom stereocenters. The van der Waals surface area contributed by atoms with Gasteiger partial charge in [0.1, 0.15) is 5.75 Å². The second kappa shape index (κ2) is 6.56. The van der Waals surface area contributed by atoms with Gasteiger partial charge in [-0.15, -0.1) is 0 Å². The molecular weight excluding hydrogens is 276 g/mol. The minimum Gasteiger partial charge on any atom is -0.497 e. The molecule has 1 aromatic heterocycles. The third-order valence-corrected chi connectivity index (χ3v) is 2.54. The number of esters is 1. The smallest absolute Gasteiger partial charge is 0.377 e.